The first kappa shape index (κ1) is 12.6. The van der Waals surface area contributed by atoms with Gasteiger partial charge in [0.2, 0.25) is 0 Å². The van der Waals surface area contributed by atoms with Gasteiger partial charge in [-0.3, -0.25) is 9.59 Å². The molecule has 1 aromatic rings. The number of carboxylic acids is 1. The van der Waals surface area contributed by atoms with E-state index in [2.05, 4.69) is 15.9 Å². The Morgan fingerprint density at radius 3 is 2.25 bits per heavy atom. The molecule has 0 fully saturated rings. The second kappa shape index (κ2) is 5.02. The molecule has 1 amide bonds. The zero-order valence-electron chi connectivity index (χ0n) is 7.76. The lowest BCUT2D eigenvalue weighted by atomic mass is 10.2. The van der Waals surface area contributed by atoms with Gasteiger partial charge in [0, 0.05) is 4.47 Å². The van der Waals surface area contributed by atoms with Crippen molar-refractivity contribution in [2.45, 2.75) is 0 Å². The first-order valence-electron chi connectivity index (χ1n) is 4.06. The van der Waals surface area contributed by atoms with Crippen molar-refractivity contribution in [1.29, 1.82) is 0 Å². The number of hydrogen-bond donors (Lipinski definition) is 2. The normalized spacial score (nSPS) is 9.94. The second-order valence-electron chi connectivity index (χ2n) is 2.82. The van der Waals surface area contributed by atoms with E-state index in [1.165, 1.54) is 0 Å². The average Bonchev–Trinajstić information content (AvgIpc) is 2.12. The van der Waals surface area contributed by atoms with Gasteiger partial charge in [0.15, 0.2) is 0 Å². The van der Waals surface area contributed by atoms with E-state index in [0.29, 0.717) is 0 Å². The third-order valence-electron chi connectivity index (χ3n) is 1.63. The molecule has 0 aromatic heterocycles. The van der Waals surface area contributed by atoms with Gasteiger partial charge in [0.25, 0.3) is 5.91 Å². The fourth-order valence-electron chi connectivity index (χ4n) is 1.00. The molecule has 0 spiro atoms. The molecule has 0 bridgehead atoms. The number of carbonyl (C=O) groups excluding carboxylic acids is 1. The molecule has 0 saturated heterocycles. The highest BCUT2D eigenvalue weighted by molar-refractivity contribution is 9.10. The van der Waals surface area contributed by atoms with Gasteiger partial charge in [0.05, 0.1) is 0 Å². The van der Waals surface area contributed by atoms with Crippen LogP contribution in [-0.4, -0.2) is 23.5 Å². The second-order valence-corrected chi connectivity index (χ2v) is 3.74. The third kappa shape index (κ3) is 2.99. The minimum atomic E-state index is -1.30. The number of halogens is 3. The molecule has 0 atom stereocenters. The maximum atomic E-state index is 13.2. The van der Waals surface area contributed by atoms with Crippen molar-refractivity contribution >= 4 is 27.8 Å². The molecule has 86 valence electrons. The average molecular weight is 294 g/mol. The van der Waals surface area contributed by atoms with Crippen LogP contribution in [0, 0.1) is 11.6 Å². The van der Waals surface area contributed by atoms with Gasteiger partial charge < -0.3 is 10.4 Å². The quantitative estimate of drug-likeness (QED) is 0.888. The van der Waals surface area contributed by atoms with Crippen LogP contribution in [0.2, 0.25) is 0 Å². The Labute approximate surface area is 97.4 Å². The van der Waals surface area contributed by atoms with Crippen molar-refractivity contribution < 1.29 is 23.5 Å². The first-order chi connectivity index (χ1) is 7.41. The van der Waals surface area contributed by atoms with Crippen LogP contribution in [0.4, 0.5) is 8.78 Å². The largest absolute Gasteiger partial charge is 0.480 e. The summed E-state index contributed by atoms with van der Waals surface area (Å²) in [6, 6.07) is 1.83. The van der Waals surface area contributed by atoms with Crippen LogP contribution >= 0.6 is 15.9 Å². The molecule has 7 heteroatoms. The summed E-state index contributed by atoms with van der Waals surface area (Å²) in [6.45, 7) is -0.701. The summed E-state index contributed by atoms with van der Waals surface area (Å²) in [5.41, 5.74) is -0.801. The molecule has 0 heterocycles. The van der Waals surface area contributed by atoms with E-state index in [1.807, 2.05) is 5.32 Å². The monoisotopic (exact) mass is 293 g/mol. The van der Waals surface area contributed by atoms with Crippen molar-refractivity contribution in [2.24, 2.45) is 0 Å². The van der Waals surface area contributed by atoms with Gasteiger partial charge in [-0.25, -0.2) is 8.78 Å². The highest BCUT2D eigenvalue weighted by Crippen LogP contribution is 2.19. The van der Waals surface area contributed by atoms with Crippen LogP contribution in [-0.2, 0) is 4.79 Å². The Kier molecular flexibility index (Phi) is 3.94. The maximum Gasteiger partial charge on any atom is 0.322 e. The number of benzene rings is 1. The van der Waals surface area contributed by atoms with Gasteiger partial charge in [0.1, 0.15) is 23.7 Å². The molecule has 16 heavy (non-hydrogen) atoms. The number of nitrogens with one attached hydrogen (secondary N) is 1. The van der Waals surface area contributed by atoms with Crippen LogP contribution in [0.15, 0.2) is 16.6 Å². The van der Waals surface area contributed by atoms with E-state index in [1.54, 1.807) is 0 Å². The van der Waals surface area contributed by atoms with Crippen LogP contribution in [0.25, 0.3) is 0 Å². The van der Waals surface area contributed by atoms with Gasteiger partial charge in [-0.05, 0) is 12.1 Å². The summed E-state index contributed by atoms with van der Waals surface area (Å²) in [6.07, 6.45) is 0. The molecule has 1 rings (SSSR count). The number of carboxylic acid groups (broad SMARTS) is 1. The fraction of sp³-hybridized carbons (Fsp3) is 0.111. The Balaban J connectivity index is 2.95. The fourth-order valence-corrected chi connectivity index (χ4v) is 1.41. The summed E-state index contributed by atoms with van der Waals surface area (Å²) < 4.78 is 26.6. The number of amides is 1. The Morgan fingerprint density at radius 2 is 1.81 bits per heavy atom. The Bertz CT molecular complexity index is 427. The zero-order valence-corrected chi connectivity index (χ0v) is 9.35. The van der Waals surface area contributed by atoms with E-state index < -0.39 is 35.6 Å². The molecule has 0 aliphatic carbocycles. The summed E-state index contributed by atoms with van der Waals surface area (Å²) >= 11 is 2.85. The number of hydrogen-bond acceptors (Lipinski definition) is 2. The molecule has 1 aromatic carbocycles. The van der Waals surface area contributed by atoms with Gasteiger partial charge in [-0.2, -0.15) is 0 Å². The van der Waals surface area contributed by atoms with Crippen LogP contribution < -0.4 is 5.32 Å². The number of carbonyl (C=O) groups is 2. The standard InChI is InChI=1S/C9H6BrF2NO3/c10-4-1-5(11)8(6(12)2-4)9(16)13-3-7(14)15/h1-2H,3H2,(H,13,16)(H,14,15). The Morgan fingerprint density at radius 1 is 1.31 bits per heavy atom. The molecule has 0 unspecified atom stereocenters. The van der Waals surface area contributed by atoms with Crippen LogP contribution in [0.3, 0.4) is 0 Å². The van der Waals surface area contributed by atoms with E-state index in [-0.39, 0.29) is 4.47 Å². The molecular weight excluding hydrogens is 288 g/mol. The van der Waals surface area contributed by atoms with Gasteiger partial charge in [-0.1, -0.05) is 15.9 Å². The van der Waals surface area contributed by atoms with Gasteiger partial charge >= 0.3 is 5.97 Å². The zero-order chi connectivity index (χ0) is 12.3. The molecule has 0 aliphatic rings. The molecular formula is C9H6BrF2NO3. The summed E-state index contributed by atoms with van der Waals surface area (Å²) in [7, 11) is 0. The van der Waals surface area contributed by atoms with Crippen molar-refractivity contribution in [2.75, 3.05) is 6.54 Å². The predicted molar refractivity (Wildman–Crippen MR) is 54.0 cm³/mol. The first-order valence-corrected chi connectivity index (χ1v) is 4.85. The third-order valence-corrected chi connectivity index (χ3v) is 2.09. The van der Waals surface area contributed by atoms with Gasteiger partial charge in [-0.15, -0.1) is 0 Å². The predicted octanol–water partition coefficient (Wildman–Crippen LogP) is 1.54. The van der Waals surface area contributed by atoms with Crippen LogP contribution in [0.1, 0.15) is 10.4 Å². The van der Waals surface area contributed by atoms with Crippen LogP contribution in [0.5, 0.6) is 0 Å². The highest BCUT2D eigenvalue weighted by Gasteiger charge is 2.18. The molecule has 4 nitrogen and oxygen atoms in total. The van der Waals surface area contributed by atoms with E-state index in [9.17, 15) is 18.4 Å². The number of rotatable bonds is 3. The maximum absolute atomic E-state index is 13.2. The van der Waals surface area contributed by atoms with E-state index >= 15 is 0 Å². The summed E-state index contributed by atoms with van der Waals surface area (Å²) in [5.74, 6) is -4.53. The lowest BCUT2D eigenvalue weighted by Crippen LogP contribution is -2.30. The van der Waals surface area contributed by atoms with Crippen molar-refractivity contribution in [3.05, 3.63) is 33.8 Å². The van der Waals surface area contributed by atoms with E-state index in [4.69, 9.17) is 5.11 Å². The number of aliphatic carboxylic acids is 1. The Hall–Kier alpha value is -1.50. The van der Waals surface area contributed by atoms with Crippen molar-refractivity contribution in [1.82, 2.24) is 5.32 Å². The van der Waals surface area contributed by atoms with Crippen molar-refractivity contribution in [3.8, 4) is 0 Å². The lowest BCUT2D eigenvalue weighted by Gasteiger charge is -2.05. The minimum Gasteiger partial charge on any atom is -0.480 e. The minimum absolute atomic E-state index is 0.150. The lowest BCUT2D eigenvalue weighted by molar-refractivity contribution is -0.135. The summed E-state index contributed by atoms with van der Waals surface area (Å²) in [5, 5.41) is 10.1. The highest BCUT2D eigenvalue weighted by atomic mass is 79.9. The van der Waals surface area contributed by atoms with Crippen molar-refractivity contribution in [3.63, 3.8) is 0 Å². The smallest absolute Gasteiger partial charge is 0.322 e. The molecule has 2 N–H and O–H groups in total. The van der Waals surface area contributed by atoms with E-state index in [0.717, 1.165) is 12.1 Å². The molecule has 0 radical (unpaired) electrons. The topological polar surface area (TPSA) is 66.4 Å². The summed E-state index contributed by atoms with van der Waals surface area (Å²) in [4.78, 5) is 21.4. The SMILES string of the molecule is O=C(O)CNC(=O)c1c(F)cc(Br)cc1F. The molecule has 0 saturated carbocycles. The molecule has 0 aliphatic heterocycles.